The van der Waals surface area contributed by atoms with E-state index in [1.54, 1.807) is 29.4 Å². The average Bonchev–Trinajstić information content (AvgIpc) is 2.61. The molecule has 0 bridgehead atoms. The maximum atomic E-state index is 12.6. The van der Waals surface area contributed by atoms with Crippen molar-refractivity contribution in [3.63, 3.8) is 0 Å². The van der Waals surface area contributed by atoms with Gasteiger partial charge in [0.05, 0.1) is 16.7 Å². The standard InChI is InChI=1S/C19H18N4O/c1-3-11-23(12-4-2)19(24)22-16-13-14-7-5-9-20-17(14)18-15(16)8-6-10-21-18/h3-10,13H,1-2,11-12H2,(H,22,24). The van der Waals surface area contributed by atoms with Crippen molar-refractivity contribution >= 4 is 33.5 Å². The number of hydrogen-bond donors (Lipinski definition) is 1. The molecule has 5 nitrogen and oxygen atoms in total. The summed E-state index contributed by atoms with van der Waals surface area (Å²) in [6, 6.07) is 9.31. The summed E-state index contributed by atoms with van der Waals surface area (Å²) in [6.07, 6.45) is 6.84. The normalized spacial score (nSPS) is 10.5. The van der Waals surface area contributed by atoms with Gasteiger partial charge in [-0.1, -0.05) is 18.2 Å². The van der Waals surface area contributed by atoms with Crippen LogP contribution in [0.15, 0.2) is 68.0 Å². The molecule has 0 unspecified atom stereocenters. The van der Waals surface area contributed by atoms with Gasteiger partial charge in [-0.15, -0.1) is 13.2 Å². The van der Waals surface area contributed by atoms with E-state index in [2.05, 4.69) is 28.4 Å². The number of nitrogens with zero attached hydrogens (tertiary/aromatic N) is 3. The molecule has 0 aliphatic carbocycles. The van der Waals surface area contributed by atoms with Gasteiger partial charge < -0.3 is 10.2 Å². The SMILES string of the molecule is C=CCN(CC=C)C(=O)Nc1cc2cccnc2c2ncccc12. The zero-order chi connectivity index (χ0) is 16.9. The van der Waals surface area contributed by atoms with Gasteiger partial charge >= 0.3 is 6.03 Å². The van der Waals surface area contributed by atoms with E-state index in [4.69, 9.17) is 0 Å². The number of anilines is 1. The average molecular weight is 318 g/mol. The fourth-order valence-corrected chi connectivity index (χ4v) is 2.63. The molecule has 0 radical (unpaired) electrons. The summed E-state index contributed by atoms with van der Waals surface area (Å²) in [5.74, 6) is 0. The van der Waals surface area contributed by atoms with Crippen molar-refractivity contribution < 1.29 is 4.79 Å². The van der Waals surface area contributed by atoms with E-state index < -0.39 is 0 Å². The highest BCUT2D eigenvalue weighted by Crippen LogP contribution is 2.29. The molecule has 0 spiro atoms. The van der Waals surface area contributed by atoms with E-state index in [9.17, 15) is 4.79 Å². The molecule has 0 saturated heterocycles. The second-order valence-corrected chi connectivity index (χ2v) is 5.31. The van der Waals surface area contributed by atoms with Gasteiger partial charge in [0, 0.05) is 36.3 Å². The first-order chi connectivity index (χ1) is 11.7. The molecule has 0 saturated carbocycles. The summed E-state index contributed by atoms with van der Waals surface area (Å²) in [6.45, 7) is 8.27. The number of fused-ring (bicyclic) bond motifs is 3. The smallest absolute Gasteiger partial charge is 0.317 e. The van der Waals surface area contributed by atoms with Crippen LogP contribution >= 0.6 is 0 Å². The summed E-state index contributed by atoms with van der Waals surface area (Å²) < 4.78 is 0. The van der Waals surface area contributed by atoms with Gasteiger partial charge in [0.2, 0.25) is 0 Å². The minimum Gasteiger partial charge on any atom is -0.317 e. The number of carbonyl (C=O) groups is 1. The molecule has 0 fully saturated rings. The van der Waals surface area contributed by atoms with E-state index >= 15 is 0 Å². The second-order valence-electron chi connectivity index (χ2n) is 5.31. The lowest BCUT2D eigenvalue weighted by Gasteiger charge is -2.20. The first-order valence-electron chi connectivity index (χ1n) is 7.64. The third-order valence-electron chi connectivity index (χ3n) is 3.69. The molecule has 1 aromatic carbocycles. The van der Waals surface area contributed by atoms with Crippen LogP contribution in [0.4, 0.5) is 10.5 Å². The van der Waals surface area contributed by atoms with Gasteiger partial charge in [0.15, 0.2) is 0 Å². The Morgan fingerprint density at radius 1 is 1.08 bits per heavy atom. The predicted octanol–water partition coefficient (Wildman–Crippen LogP) is 3.99. The van der Waals surface area contributed by atoms with Crippen LogP contribution in [0.1, 0.15) is 0 Å². The van der Waals surface area contributed by atoms with Crippen LogP contribution in [-0.2, 0) is 0 Å². The van der Waals surface area contributed by atoms with Crippen molar-refractivity contribution in [3.8, 4) is 0 Å². The number of nitrogens with one attached hydrogen (secondary N) is 1. The fourth-order valence-electron chi connectivity index (χ4n) is 2.63. The predicted molar refractivity (Wildman–Crippen MR) is 98.0 cm³/mol. The van der Waals surface area contributed by atoms with E-state index in [0.29, 0.717) is 18.8 Å². The summed E-state index contributed by atoms with van der Waals surface area (Å²) >= 11 is 0. The quantitative estimate of drug-likeness (QED) is 0.571. The van der Waals surface area contributed by atoms with Crippen LogP contribution < -0.4 is 5.32 Å². The van der Waals surface area contributed by atoms with E-state index in [-0.39, 0.29) is 6.03 Å². The molecular formula is C19H18N4O. The van der Waals surface area contributed by atoms with Crippen molar-refractivity contribution in [1.29, 1.82) is 0 Å². The third-order valence-corrected chi connectivity index (χ3v) is 3.69. The molecule has 2 amide bonds. The zero-order valence-electron chi connectivity index (χ0n) is 13.3. The molecule has 1 N–H and O–H groups in total. The fraction of sp³-hybridized carbons (Fsp3) is 0.105. The van der Waals surface area contributed by atoms with Crippen molar-refractivity contribution in [2.24, 2.45) is 0 Å². The molecule has 0 atom stereocenters. The van der Waals surface area contributed by atoms with Crippen molar-refractivity contribution in [1.82, 2.24) is 14.9 Å². The monoisotopic (exact) mass is 318 g/mol. The van der Waals surface area contributed by atoms with E-state index in [1.165, 1.54) is 0 Å². The highest BCUT2D eigenvalue weighted by Gasteiger charge is 2.14. The van der Waals surface area contributed by atoms with Gasteiger partial charge in [0.25, 0.3) is 0 Å². The Morgan fingerprint density at radius 3 is 2.46 bits per heavy atom. The highest BCUT2D eigenvalue weighted by atomic mass is 16.2. The summed E-state index contributed by atoms with van der Waals surface area (Å²) in [4.78, 5) is 23.0. The molecule has 120 valence electrons. The van der Waals surface area contributed by atoms with Gasteiger partial charge in [-0.3, -0.25) is 9.97 Å². The number of hydrogen-bond acceptors (Lipinski definition) is 3. The molecule has 3 aromatic rings. The number of pyridine rings is 2. The Bertz CT molecular complexity index is 910. The molecule has 0 aliphatic heterocycles. The lowest BCUT2D eigenvalue weighted by molar-refractivity contribution is 0.222. The molecular weight excluding hydrogens is 300 g/mol. The lowest BCUT2D eigenvalue weighted by Crippen LogP contribution is -2.35. The number of rotatable bonds is 5. The maximum Gasteiger partial charge on any atom is 0.322 e. The van der Waals surface area contributed by atoms with Crippen LogP contribution in [0, 0.1) is 0 Å². The first kappa shape index (κ1) is 15.7. The van der Waals surface area contributed by atoms with E-state index in [0.717, 1.165) is 21.8 Å². The van der Waals surface area contributed by atoms with Crippen LogP contribution in [0.5, 0.6) is 0 Å². The molecule has 2 heterocycles. The Kier molecular flexibility index (Phi) is 4.52. The molecule has 24 heavy (non-hydrogen) atoms. The third kappa shape index (κ3) is 2.96. The Hall–Kier alpha value is -3.21. The van der Waals surface area contributed by atoms with Gasteiger partial charge in [-0.05, 0) is 24.3 Å². The minimum atomic E-state index is -0.205. The number of urea groups is 1. The zero-order valence-corrected chi connectivity index (χ0v) is 13.3. The number of benzene rings is 1. The molecule has 5 heteroatoms. The van der Waals surface area contributed by atoms with Crippen molar-refractivity contribution in [2.45, 2.75) is 0 Å². The molecule has 3 rings (SSSR count). The Morgan fingerprint density at radius 2 is 1.75 bits per heavy atom. The summed E-state index contributed by atoms with van der Waals surface area (Å²) in [5.41, 5.74) is 2.30. The van der Waals surface area contributed by atoms with Gasteiger partial charge in [-0.25, -0.2) is 4.79 Å². The number of aromatic nitrogens is 2. The van der Waals surface area contributed by atoms with E-state index in [1.807, 2.05) is 30.3 Å². The number of carbonyl (C=O) groups excluding carboxylic acids is 1. The van der Waals surface area contributed by atoms with Crippen LogP contribution in [0.25, 0.3) is 21.8 Å². The summed E-state index contributed by atoms with van der Waals surface area (Å²) in [7, 11) is 0. The van der Waals surface area contributed by atoms with Crippen molar-refractivity contribution in [3.05, 3.63) is 68.0 Å². The highest BCUT2D eigenvalue weighted by molar-refractivity contribution is 6.11. The van der Waals surface area contributed by atoms with Gasteiger partial charge in [0.1, 0.15) is 0 Å². The largest absolute Gasteiger partial charge is 0.322 e. The van der Waals surface area contributed by atoms with Crippen LogP contribution in [0.2, 0.25) is 0 Å². The Labute approximate surface area is 140 Å². The Balaban J connectivity index is 2.06. The van der Waals surface area contributed by atoms with Gasteiger partial charge in [-0.2, -0.15) is 0 Å². The van der Waals surface area contributed by atoms with Crippen LogP contribution in [0.3, 0.4) is 0 Å². The second kappa shape index (κ2) is 6.91. The first-order valence-corrected chi connectivity index (χ1v) is 7.64. The summed E-state index contributed by atoms with van der Waals surface area (Å²) in [5, 5.41) is 4.75. The van der Waals surface area contributed by atoms with Crippen LogP contribution in [-0.4, -0.2) is 34.0 Å². The van der Waals surface area contributed by atoms with Crippen molar-refractivity contribution in [2.75, 3.05) is 18.4 Å². The maximum absolute atomic E-state index is 12.6. The lowest BCUT2D eigenvalue weighted by atomic mass is 10.1. The number of amides is 2. The minimum absolute atomic E-state index is 0.205. The topological polar surface area (TPSA) is 58.1 Å². The molecule has 2 aromatic heterocycles. The molecule has 0 aliphatic rings.